The van der Waals surface area contributed by atoms with E-state index in [1.807, 2.05) is 13.8 Å². The third kappa shape index (κ3) is 2.80. The molecule has 52 valence electrons. The van der Waals surface area contributed by atoms with Gasteiger partial charge < -0.3 is 10.5 Å². The molecule has 0 atom stereocenters. The quantitative estimate of drug-likeness (QED) is 0.584. The van der Waals surface area contributed by atoms with Gasteiger partial charge in [-0.2, -0.15) is 0 Å². The Balaban J connectivity index is 3.84. The summed E-state index contributed by atoms with van der Waals surface area (Å²) in [4.78, 5) is 0. The summed E-state index contributed by atoms with van der Waals surface area (Å²) in [6.07, 6.45) is 2.82. The molecule has 2 nitrogen and oxygen atoms in total. The fourth-order valence-electron chi connectivity index (χ4n) is 0.464. The lowest BCUT2D eigenvalue weighted by Gasteiger charge is -2.07. The largest absolute Gasteiger partial charge is 0.468 e. The van der Waals surface area contributed by atoms with Crippen LogP contribution in [0.5, 0.6) is 0 Å². The Morgan fingerprint density at radius 1 is 1.67 bits per heavy atom. The van der Waals surface area contributed by atoms with Gasteiger partial charge in [-0.1, -0.05) is 20.4 Å². The summed E-state index contributed by atoms with van der Waals surface area (Å²) in [7, 11) is 0. The minimum atomic E-state index is 0.327. The first kappa shape index (κ1) is 8.08. The third-order valence-electron chi connectivity index (χ3n) is 0.953. The molecule has 0 aliphatic heterocycles. The highest BCUT2D eigenvalue weighted by molar-refractivity contribution is 4.94. The van der Waals surface area contributed by atoms with E-state index in [2.05, 4.69) is 6.58 Å². The molecule has 0 aromatic carbocycles. The van der Waals surface area contributed by atoms with E-state index < -0.39 is 0 Å². The summed E-state index contributed by atoms with van der Waals surface area (Å²) in [6, 6.07) is 0. The lowest BCUT2D eigenvalue weighted by molar-refractivity contribution is 0.304. The van der Waals surface area contributed by atoms with E-state index in [1.165, 1.54) is 12.5 Å². The van der Waals surface area contributed by atoms with Crippen LogP contribution in [-0.4, -0.2) is 0 Å². The van der Waals surface area contributed by atoms with E-state index in [0.717, 1.165) is 5.76 Å². The van der Waals surface area contributed by atoms with Crippen LogP contribution in [0, 0.1) is 5.92 Å². The maximum Gasteiger partial charge on any atom is 0.121 e. The number of hydrogen-bond donors (Lipinski definition) is 1. The minimum Gasteiger partial charge on any atom is -0.468 e. The van der Waals surface area contributed by atoms with Crippen LogP contribution in [0.15, 0.2) is 24.8 Å². The molecule has 0 aromatic heterocycles. The molecule has 0 saturated carbocycles. The number of hydrogen-bond acceptors (Lipinski definition) is 2. The summed E-state index contributed by atoms with van der Waals surface area (Å²) < 4.78 is 4.95. The van der Waals surface area contributed by atoms with Crippen LogP contribution in [-0.2, 0) is 4.74 Å². The highest BCUT2D eigenvalue weighted by atomic mass is 16.5. The van der Waals surface area contributed by atoms with Crippen molar-refractivity contribution in [2.24, 2.45) is 11.7 Å². The van der Waals surface area contributed by atoms with E-state index in [4.69, 9.17) is 10.5 Å². The van der Waals surface area contributed by atoms with Gasteiger partial charge in [-0.15, -0.1) is 0 Å². The van der Waals surface area contributed by atoms with Gasteiger partial charge in [0.15, 0.2) is 0 Å². The molecule has 0 radical (unpaired) electrons. The van der Waals surface area contributed by atoms with Crippen LogP contribution in [0.25, 0.3) is 0 Å². The molecule has 0 heterocycles. The monoisotopic (exact) mass is 127 g/mol. The van der Waals surface area contributed by atoms with Crippen molar-refractivity contribution in [3.05, 3.63) is 24.8 Å². The molecular formula is C7H13NO. The summed E-state index contributed by atoms with van der Waals surface area (Å²) >= 11 is 0. The van der Waals surface area contributed by atoms with Crippen LogP contribution in [0.2, 0.25) is 0 Å². The lowest BCUT2D eigenvalue weighted by Crippen LogP contribution is -1.98. The fraction of sp³-hybridized carbons (Fsp3) is 0.429. The summed E-state index contributed by atoms with van der Waals surface area (Å²) in [5, 5.41) is 0. The Morgan fingerprint density at radius 3 is 2.33 bits per heavy atom. The lowest BCUT2D eigenvalue weighted by atomic mass is 10.2. The molecule has 2 N–H and O–H groups in total. The highest BCUT2D eigenvalue weighted by Gasteiger charge is 1.99. The fourth-order valence-corrected chi connectivity index (χ4v) is 0.464. The van der Waals surface area contributed by atoms with Crippen LogP contribution in [0.3, 0.4) is 0 Å². The van der Waals surface area contributed by atoms with Crippen molar-refractivity contribution in [3.63, 3.8) is 0 Å². The second-order valence-electron chi connectivity index (χ2n) is 2.01. The Kier molecular flexibility index (Phi) is 3.60. The number of rotatable bonds is 3. The van der Waals surface area contributed by atoms with Crippen molar-refractivity contribution in [2.45, 2.75) is 13.8 Å². The molecular weight excluding hydrogens is 114 g/mol. The van der Waals surface area contributed by atoms with Gasteiger partial charge in [-0.25, -0.2) is 0 Å². The molecule has 0 rings (SSSR count). The van der Waals surface area contributed by atoms with Crippen LogP contribution < -0.4 is 5.73 Å². The molecule has 0 aliphatic rings. The average Bonchev–Trinajstić information content (AvgIpc) is 1.82. The zero-order valence-corrected chi connectivity index (χ0v) is 5.92. The number of nitrogens with two attached hydrogens (primary N) is 1. The molecule has 0 spiro atoms. The second-order valence-corrected chi connectivity index (χ2v) is 2.01. The second kappa shape index (κ2) is 4.01. The normalized spacial score (nSPS) is 11.7. The first-order valence-corrected chi connectivity index (χ1v) is 2.91. The Bertz CT molecular complexity index is 116. The van der Waals surface area contributed by atoms with E-state index >= 15 is 0 Å². The number of ether oxygens (including phenoxy) is 1. The predicted octanol–water partition coefficient (Wildman–Crippen LogP) is 1.60. The van der Waals surface area contributed by atoms with Gasteiger partial charge in [0.1, 0.15) is 5.76 Å². The van der Waals surface area contributed by atoms with Crippen molar-refractivity contribution in [2.75, 3.05) is 0 Å². The van der Waals surface area contributed by atoms with Gasteiger partial charge in [-0.05, 0) is 0 Å². The molecule has 0 aliphatic carbocycles. The average molecular weight is 127 g/mol. The zero-order chi connectivity index (χ0) is 7.28. The van der Waals surface area contributed by atoms with Crippen molar-refractivity contribution in [1.82, 2.24) is 0 Å². The third-order valence-corrected chi connectivity index (χ3v) is 0.953. The van der Waals surface area contributed by atoms with Crippen LogP contribution in [0.1, 0.15) is 13.8 Å². The molecule has 9 heavy (non-hydrogen) atoms. The molecule has 0 unspecified atom stereocenters. The highest BCUT2D eigenvalue weighted by Crippen LogP contribution is 2.08. The standard InChI is InChI=1S/C7H13NO/c1-4-9-7(5-8)6(2)3/h4-6H,1,8H2,2-3H3/b7-5-. The summed E-state index contributed by atoms with van der Waals surface area (Å²) in [6.45, 7) is 7.42. The molecule has 0 amide bonds. The molecule has 0 bridgehead atoms. The Hall–Kier alpha value is -0.920. The van der Waals surface area contributed by atoms with E-state index in [-0.39, 0.29) is 0 Å². The van der Waals surface area contributed by atoms with Crippen molar-refractivity contribution in [1.29, 1.82) is 0 Å². The summed E-state index contributed by atoms with van der Waals surface area (Å²) in [5.41, 5.74) is 5.22. The Labute approximate surface area is 56.0 Å². The van der Waals surface area contributed by atoms with Gasteiger partial charge in [0.25, 0.3) is 0 Å². The predicted molar refractivity (Wildman–Crippen MR) is 38.4 cm³/mol. The van der Waals surface area contributed by atoms with Crippen LogP contribution in [0.4, 0.5) is 0 Å². The van der Waals surface area contributed by atoms with Gasteiger partial charge in [0.05, 0.1) is 6.26 Å². The molecule has 2 heteroatoms. The maximum absolute atomic E-state index is 5.22. The van der Waals surface area contributed by atoms with Gasteiger partial charge in [0.2, 0.25) is 0 Å². The minimum absolute atomic E-state index is 0.327. The van der Waals surface area contributed by atoms with Gasteiger partial charge >= 0.3 is 0 Å². The molecule has 0 saturated heterocycles. The molecule has 0 aromatic rings. The molecule has 0 fully saturated rings. The summed E-state index contributed by atoms with van der Waals surface area (Å²) in [5.74, 6) is 1.08. The van der Waals surface area contributed by atoms with Crippen molar-refractivity contribution >= 4 is 0 Å². The van der Waals surface area contributed by atoms with Crippen molar-refractivity contribution in [3.8, 4) is 0 Å². The van der Waals surface area contributed by atoms with E-state index in [9.17, 15) is 0 Å². The van der Waals surface area contributed by atoms with Crippen molar-refractivity contribution < 1.29 is 4.74 Å². The maximum atomic E-state index is 5.22. The van der Waals surface area contributed by atoms with Gasteiger partial charge in [0, 0.05) is 12.1 Å². The number of allylic oxidation sites excluding steroid dienone is 1. The van der Waals surface area contributed by atoms with Crippen LogP contribution >= 0.6 is 0 Å². The van der Waals surface area contributed by atoms with Gasteiger partial charge in [-0.3, -0.25) is 0 Å². The topological polar surface area (TPSA) is 35.2 Å². The first-order valence-electron chi connectivity index (χ1n) is 2.91. The van der Waals surface area contributed by atoms with E-state index in [1.54, 1.807) is 0 Å². The van der Waals surface area contributed by atoms with E-state index in [0.29, 0.717) is 5.92 Å². The first-order chi connectivity index (χ1) is 4.22. The smallest absolute Gasteiger partial charge is 0.121 e. The Morgan fingerprint density at radius 2 is 2.22 bits per heavy atom. The zero-order valence-electron chi connectivity index (χ0n) is 5.92. The SMILES string of the molecule is C=CO/C(=C\N)C(C)C.